The number of hydrogen-bond donors (Lipinski definition) is 4. The van der Waals surface area contributed by atoms with Crippen LogP contribution in [0.3, 0.4) is 0 Å². The third-order valence-electron chi connectivity index (χ3n) is 5.93. The largest absolute Gasteiger partial charge is 0.506 e. The molecule has 1 saturated heterocycles. The Hall–Kier alpha value is -3.93. The monoisotopic (exact) mass is 488 g/mol. The summed E-state index contributed by atoms with van der Waals surface area (Å²) in [5.41, 5.74) is 9.26. The number of hydrogen-bond acceptors (Lipinski definition) is 6. The van der Waals surface area contributed by atoms with Gasteiger partial charge in [0.2, 0.25) is 11.8 Å². The van der Waals surface area contributed by atoms with E-state index in [9.17, 15) is 14.7 Å². The molecule has 2 amide bonds. The van der Waals surface area contributed by atoms with Gasteiger partial charge < -0.3 is 26.3 Å². The Morgan fingerprint density at radius 1 is 1.08 bits per heavy atom. The van der Waals surface area contributed by atoms with Gasteiger partial charge in [-0.1, -0.05) is 36.1 Å². The first-order chi connectivity index (χ1) is 17.4. The molecule has 188 valence electrons. The van der Waals surface area contributed by atoms with Crippen molar-refractivity contribution in [2.45, 2.75) is 19.9 Å². The van der Waals surface area contributed by atoms with Crippen LogP contribution in [0.1, 0.15) is 29.2 Å². The van der Waals surface area contributed by atoms with Crippen LogP contribution in [0, 0.1) is 23.2 Å². The van der Waals surface area contributed by atoms with E-state index in [4.69, 9.17) is 15.9 Å². The molecular weight excluding hydrogens is 456 g/mol. The summed E-state index contributed by atoms with van der Waals surface area (Å²) < 4.78 is 5.40. The van der Waals surface area contributed by atoms with Crippen molar-refractivity contribution in [3.63, 3.8) is 0 Å². The van der Waals surface area contributed by atoms with Crippen LogP contribution in [0.15, 0.2) is 59.9 Å². The van der Waals surface area contributed by atoms with Crippen LogP contribution in [0.5, 0.6) is 0 Å². The molecular formula is C28H32N4O4. The summed E-state index contributed by atoms with van der Waals surface area (Å²) in [7, 11) is 0. The number of rotatable bonds is 9. The van der Waals surface area contributed by atoms with Crippen molar-refractivity contribution in [1.82, 2.24) is 10.2 Å². The van der Waals surface area contributed by atoms with Crippen LogP contribution < -0.4 is 11.1 Å². The van der Waals surface area contributed by atoms with Gasteiger partial charge in [0.25, 0.3) is 0 Å². The first kappa shape index (κ1) is 26.7. The summed E-state index contributed by atoms with van der Waals surface area (Å²) in [6.45, 7) is 5.86. The van der Waals surface area contributed by atoms with Crippen LogP contribution >= 0.6 is 0 Å². The van der Waals surface area contributed by atoms with E-state index in [1.807, 2.05) is 36.4 Å². The lowest BCUT2D eigenvalue weighted by Crippen LogP contribution is -2.35. The second-order valence-corrected chi connectivity index (χ2v) is 8.68. The Kier molecular flexibility index (Phi) is 9.81. The molecule has 2 aromatic carbocycles. The average molecular weight is 489 g/mol. The molecule has 0 bridgehead atoms. The molecule has 1 aliphatic heterocycles. The smallest absolute Gasteiger partial charge is 0.248 e. The van der Waals surface area contributed by atoms with Crippen LogP contribution in [-0.2, 0) is 27.3 Å². The topological polar surface area (TPSA) is 129 Å². The lowest BCUT2D eigenvalue weighted by molar-refractivity contribution is -0.119. The van der Waals surface area contributed by atoms with Gasteiger partial charge in [-0.2, -0.15) is 0 Å². The van der Waals surface area contributed by atoms with Crippen molar-refractivity contribution in [3.8, 4) is 11.8 Å². The highest BCUT2D eigenvalue weighted by Gasteiger charge is 2.23. The maximum Gasteiger partial charge on any atom is 0.248 e. The molecule has 1 unspecified atom stereocenters. The quantitative estimate of drug-likeness (QED) is 0.186. The van der Waals surface area contributed by atoms with E-state index in [0.29, 0.717) is 12.6 Å². The first-order valence-corrected chi connectivity index (χ1v) is 11.8. The van der Waals surface area contributed by atoms with Crippen LogP contribution in [0.2, 0.25) is 0 Å². The summed E-state index contributed by atoms with van der Waals surface area (Å²) >= 11 is 0. The summed E-state index contributed by atoms with van der Waals surface area (Å²) in [5.74, 6) is 4.17. The van der Waals surface area contributed by atoms with Crippen molar-refractivity contribution in [1.29, 1.82) is 5.41 Å². The summed E-state index contributed by atoms with van der Waals surface area (Å²) in [5, 5.41) is 20.0. The van der Waals surface area contributed by atoms with E-state index >= 15 is 0 Å². The number of carbonyl (C=O) groups excluding carboxylic acids is 2. The van der Waals surface area contributed by atoms with Crippen LogP contribution in [0.4, 0.5) is 0 Å². The Bertz CT molecular complexity index is 1150. The minimum Gasteiger partial charge on any atom is -0.506 e. The Balaban J connectivity index is 1.66. The number of aliphatic hydroxyl groups excluding tert-OH is 1. The van der Waals surface area contributed by atoms with Crippen molar-refractivity contribution in [2.24, 2.45) is 11.7 Å². The minimum absolute atomic E-state index is 0.0836. The highest BCUT2D eigenvalue weighted by Crippen LogP contribution is 2.20. The summed E-state index contributed by atoms with van der Waals surface area (Å²) in [6.07, 6.45) is 1.02. The molecule has 2 aromatic rings. The Morgan fingerprint density at radius 3 is 2.14 bits per heavy atom. The van der Waals surface area contributed by atoms with Gasteiger partial charge >= 0.3 is 0 Å². The zero-order valence-electron chi connectivity index (χ0n) is 20.4. The zero-order chi connectivity index (χ0) is 25.9. The van der Waals surface area contributed by atoms with E-state index in [1.165, 1.54) is 12.5 Å². The Labute approximate surface area is 211 Å². The molecule has 5 N–H and O–H groups in total. The number of nitrogens with two attached hydrogens (primary N) is 1. The number of allylic oxidation sites excluding steroid dienone is 1. The molecule has 0 radical (unpaired) electrons. The van der Waals surface area contributed by atoms with Gasteiger partial charge in [-0.05, 0) is 41.8 Å². The molecule has 3 rings (SSSR count). The fourth-order valence-corrected chi connectivity index (χ4v) is 4.02. The number of primary amides is 1. The standard InChI is InChI=1S/C28H32N4O4/c1-20(33)31-18-25(27(28(30)35)26(34)17-29)16-23-8-4-21(5-9-23)2-3-22-6-10-24(11-7-22)19-32-12-14-36-15-13-32/h4-11,17,25,29,34H,12-16,18-19H2,1H3,(H2,30,35)(H,31,33)/b27-26+,29-17?. The fourth-order valence-electron chi connectivity index (χ4n) is 4.02. The van der Waals surface area contributed by atoms with E-state index in [2.05, 4.69) is 34.2 Å². The molecule has 1 atom stereocenters. The molecule has 0 aromatic heterocycles. The molecule has 1 fully saturated rings. The van der Waals surface area contributed by atoms with Gasteiger partial charge in [-0.3, -0.25) is 14.5 Å². The number of nitrogens with one attached hydrogen (secondary N) is 2. The minimum atomic E-state index is -0.829. The highest BCUT2D eigenvalue weighted by atomic mass is 16.5. The molecule has 0 aliphatic carbocycles. The van der Waals surface area contributed by atoms with Gasteiger partial charge in [-0.15, -0.1) is 0 Å². The number of nitrogens with zero attached hydrogens (tertiary/aromatic N) is 1. The van der Waals surface area contributed by atoms with Crippen LogP contribution in [-0.4, -0.2) is 60.9 Å². The maximum atomic E-state index is 11.9. The first-order valence-electron chi connectivity index (χ1n) is 11.8. The molecule has 8 nitrogen and oxygen atoms in total. The normalized spacial score (nSPS) is 15.1. The number of amides is 2. The number of morpholine rings is 1. The predicted octanol–water partition coefficient (Wildman–Crippen LogP) is 2.16. The highest BCUT2D eigenvalue weighted by molar-refractivity contribution is 5.97. The number of benzene rings is 2. The van der Waals surface area contributed by atoms with Crippen molar-refractivity contribution in [3.05, 3.63) is 82.1 Å². The SMILES string of the molecule is CC(=O)NCC(Cc1ccc(C#Cc2ccc(CN3CCOCC3)cc2)cc1)/C(C(N)=O)=C(\O)C=N. The number of carbonyl (C=O) groups is 2. The number of aliphatic hydroxyl groups is 1. The van der Waals surface area contributed by atoms with E-state index in [1.54, 1.807) is 0 Å². The molecule has 0 spiro atoms. The maximum absolute atomic E-state index is 11.9. The van der Waals surface area contributed by atoms with E-state index < -0.39 is 17.6 Å². The summed E-state index contributed by atoms with van der Waals surface area (Å²) in [6, 6.07) is 15.8. The predicted molar refractivity (Wildman–Crippen MR) is 138 cm³/mol. The van der Waals surface area contributed by atoms with Gasteiger partial charge in [0, 0.05) is 50.1 Å². The lowest BCUT2D eigenvalue weighted by Gasteiger charge is -2.26. The molecule has 1 heterocycles. The molecule has 36 heavy (non-hydrogen) atoms. The molecule has 8 heteroatoms. The lowest BCUT2D eigenvalue weighted by atomic mass is 9.89. The Morgan fingerprint density at radius 2 is 1.64 bits per heavy atom. The van der Waals surface area contributed by atoms with E-state index in [0.717, 1.165) is 49.5 Å². The van der Waals surface area contributed by atoms with Gasteiger partial charge in [0.15, 0.2) is 0 Å². The second kappa shape index (κ2) is 13.2. The third kappa shape index (κ3) is 8.08. The van der Waals surface area contributed by atoms with Crippen molar-refractivity contribution in [2.75, 3.05) is 32.8 Å². The molecule has 0 saturated carbocycles. The fraction of sp³-hybridized carbons (Fsp3) is 0.321. The third-order valence-corrected chi connectivity index (χ3v) is 5.93. The number of ether oxygens (including phenoxy) is 1. The van der Waals surface area contributed by atoms with Crippen molar-refractivity contribution >= 4 is 18.0 Å². The van der Waals surface area contributed by atoms with Gasteiger partial charge in [0.05, 0.1) is 25.0 Å². The zero-order valence-corrected chi connectivity index (χ0v) is 20.4. The van der Waals surface area contributed by atoms with Crippen molar-refractivity contribution < 1.29 is 19.4 Å². The van der Waals surface area contributed by atoms with Crippen LogP contribution in [0.25, 0.3) is 0 Å². The average Bonchev–Trinajstić information content (AvgIpc) is 2.88. The second-order valence-electron chi connectivity index (χ2n) is 8.68. The van der Waals surface area contributed by atoms with Gasteiger partial charge in [-0.25, -0.2) is 0 Å². The summed E-state index contributed by atoms with van der Waals surface area (Å²) in [4.78, 5) is 25.7. The van der Waals surface area contributed by atoms with E-state index in [-0.39, 0.29) is 18.0 Å². The van der Waals surface area contributed by atoms with Gasteiger partial charge in [0.1, 0.15) is 5.76 Å². The molecule has 1 aliphatic rings.